The van der Waals surface area contributed by atoms with Crippen molar-refractivity contribution in [2.75, 3.05) is 38.6 Å². The fourth-order valence-electron chi connectivity index (χ4n) is 3.37. The number of hydrogen-bond acceptors (Lipinski definition) is 5. The average molecular weight is 410 g/mol. The molecule has 6 heteroatoms. The maximum atomic E-state index is 11.0. The number of nitrogens with one attached hydrogen (secondary N) is 1. The van der Waals surface area contributed by atoms with E-state index in [0.717, 1.165) is 48.3 Å². The Bertz CT molecular complexity index is 722. The van der Waals surface area contributed by atoms with E-state index in [1.165, 1.54) is 0 Å². The van der Waals surface area contributed by atoms with E-state index in [-0.39, 0.29) is 12.4 Å². The quantitative estimate of drug-likeness (QED) is 0.568. The average Bonchev–Trinajstić information content (AvgIpc) is 2.63. The molecule has 2 aromatic rings. The summed E-state index contributed by atoms with van der Waals surface area (Å²) in [5.74, 6) is 1.36. The Morgan fingerprint density at radius 3 is 2.71 bits per heavy atom. The molecule has 2 rings (SSSR count). The molecule has 0 aliphatic heterocycles. The maximum Gasteiger partial charge on any atom is 0.121 e. The van der Waals surface area contributed by atoms with E-state index < -0.39 is 5.60 Å². The monoisotopic (exact) mass is 409 g/mol. The fraction of sp³-hybridized carbons (Fsp3) is 0.591. The number of benzene rings is 1. The van der Waals surface area contributed by atoms with Crippen molar-refractivity contribution in [2.24, 2.45) is 5.92 Å². The Kier molecular flexibility index (Phi) is 10.0. The van der Waals surface area contributed by atoms with Crippen molar-refractivity contribution < 1.29 is 9.84 Å². The first-order valence-corrected chi connectivity index (χ1v) is 9.96. The zero-order chi connectivity index (χ0) is 19.9. The third-order valence-corrected chi connectivity index (χ3v) is 4.59. The highest BCUT2D eigenvalue weighted by Gasteiger charge is 2.24. The molecule has 0 amide bonds. The van der Waals surface area contributed by atoms with E-state index in [1.807, 2.05) is 31.2 Å². The van der Waals surface area contributed by atoms with Crippen molar-refractivity contribution in [2.45, 2.75) is 46.1 Å². The van der Waals surface area contributed by atoms with Gasteiger partial charge in [-0.05, 0) is 37.9 Å². The summed E-state index contributed by atoms with van der Waals surface area (Å²) in [7, 11) is 1.66. The molecule has 1 aromatic heterocycles. The van der Waals surface area contributed by atoms with Gasteiger partial charge < -0.3 is 20.1 Å². The number of unbranched alkanes of at least 4 members (excludes halogenated alkanes) is 1. The van der Waals surface area contributed by atoms with Gasteiger partial charge in [0.05, 0.1) is 23.9 Å². The van der Waals surface area contributed by atoms with Crippen LogP contribution in [0.5, 0.6) is 5.75 Å². The van der Waals surface area contributed by atoms with Crippen LogP contribution in [-0.2, 0) is 0 Å². The Balaban J connectivity index is 0.00000392. The first-order valence-electron chi connectivity index (χ1n) is 9.96. The van der Waals surface area contributed by atoms with Crippen molar-refractivity contribution in [3.63, 3.8) is 0 Å². The number of methoxy groups -OCH3 is 1. The summed E-state index contributed by atoms with van der Waals surface area (Å²) in [6, 6.07) is 7.84. The van der Waals surface area contributed by atoms with Crippen LogP contribution in [0.3, 0.4) is 0 Å². The van der Waals surface area contributed by atoms with Gasteiger partial charge in [0.2, 0.25) is 0 Å². The third kappa shape index (κ3) is 7.46. The molecule has 0 spiro atoms. The molecule has 0 aliphatic carbocycles. The minimum Gasteiger partial charge on any atom is -0.497 e. The summed E-state index contributed by atoms with van der Waals surface area (Å²) in [4.78, 5) is 6.86. The molecule has 1 atom stereocenters. The van der Waals surface area contributed by atoms with E-state index in [9.17, 15) is 5.11 Å². The molecule has 0 saturated heterocycles. The van der Waals surface area contributed by atoms with Gasteiger partial charge in [-0.3, -0.25) is 4.98 Å². The van der Waals surface area contributed by atoms with Gasteiger partial charge >= 0.3 is 0 Å². The number of rotatable bonds is 11. The van der Waals surface area contributed by atoms with Gasteiger partial charge in [-0.15, -0.1) is 12.4 Å². The van der Waals surface area contributed by atoms with E-state index in [2.05, 4.69) is 36.0 Å². The van der Waals surface area contributed by atoms with Gasteiger partial charge in [0.25, 0.3) is 0 Å². The number of halogens is 1. The smallest absolute Gasteiger partial charge is 0.121 e. The van der Waals surface area contributed by atoms with Gasteiger partial charge in [0.15, 0.2) is 0 Å². The first kappa shape index (κ1) is 24.5. The molecule has 158 valence electrons. The second-order valence-corrected chi connectivity index (χ2v) is 8.08. The van der Waals surface area contributed by atoms with Crippen LogP contribution in [0, 0.1) is 5.92 Å². The Morgan fingerprint density at radius 2 is 2.07 bits per heavy atom. The fourth-order valence-corrected chi connectivity index (χ4v) is 3.37. The zero-order valence-electron chi connectivity index (χ0n) is 17.9. The van der Waals surface area contributed by atoms with Crippen LogP contribution in [0.2, 0.25) is 0 Å². The predicted molar refractivity (Wildman–Crippen MR) is 121 cm³/mol. The predicted octanol–water partition coefficient (Wildman–Crippen LogP) is 4.59. The highest BCUT2D eigenvalue weighted by molar-refractivity contribution is 5.91. The van der Waals surface area contributed by atoms with Gasteiger partial charge in [-0.1, -0.05) is 33.3 Å². The van der Waals surface area contributed by atoms with Crippen LogP contribution < -0.4 is 10.1 Å². The molecule has 0 saturated carbocycles. The Labute approximate surface area is 175 Å². The molecule has 2 N–H and O–H groups in total. The minimum absolute atomic E-state index is 0. The standard InChI is InChI=1S/C22H35N3O2.ClH/c1-6-7-11-25(14-17(2)3)16-22(4,26)15-24-20-13-19(27-5)12-18-9-8-10-23-21(18)20;/h8-10,12-13,17,24,26H,6-7,11,14-16H2,1-5H3;1H. The van der Waals surface area contributed by atoms with Crippen molar-refractivity contribution in [1.82, 2.24) is 9.88 Å². The normalized spacial score (nSPS) is 13.4. The Morgan fingerprint density at radius 1 is 1.32 bits per heavy atom. The van der Waals surface area contributed by atoms with Crippen LogP contribution >= 0.6 is 12.4 Å². The van der Waals surface area contributed by atoms with E-state index in [0.29, 0.717) is 19.0 Å². The van der Waals surface area contributed by atoms with Crippen molar-refractivity contribution in [3.8, 4) is 5.75 Å². The molecule has 0 fully saturated rings. The number of aromatic nitrogens is 1. The number of nitrogens with zero attached hydrogens (tertiary/aromatic N) is 2. The van der Waals surface area contributed by atoms with Gasteiger partial charge in [-0.2, -0.15) is 0 Å². The molecule has 0 radical (unpaired) electrons. The molecular weight excluding hydrogens is 374 g/mol. The van der Waals surface area contributed by atoms with Crippen LogP contribution in [0.25, 0.3) is 10.9 Å². The number of anilines is 1. The summed E-state index contributed by atoms with van der Waals surface area (Å²) in [5, 5.41) is 15.4. The topological polar surface area (TPSA) is 57.6 Å². The second-order valence-electron chi connectivity index (χ2n) is 8.08. The van der Waals surface area contributed by atoms with Crippen LogP contribution in [0.4, 0.5) is 5.69 Å². The number of fused-ring (bicyclic) bond motifs is 1. The number of aliphatic hydroxyl groups is 1. The molecule has 1 heterocycles. The van der Waals surface area contributed by atoms with Crippen molar-refractivity contribution >= 4 is 29.0 Å². The maximum absolute atomic E-state index is 11.0. The lowest BCUT2D eigenvalue weighted by molar-refractivity contribution is 0.0270. The first-order chi connectivity index (χ1) is 12.8. The van der Waals surface area contributed by atoms with Crippen molar-refractivity contribution in [3.05, 3.63) is 30.5 Å². The molecule has 5 nitrogen and oxygen atoms in total. The highest BCUT2D eigenvalue weighted by atomic mass is 35.5. The third-order valence-electron chi connectivity index (χ3n) is 4.59. The van der Waals surface area contributed by atoms with Crippen molar-refractivity contribution in [1.29, 1.82) is 0 Å². The molecule has 1 unspecified atom stereocenters. The van der Waals surface area contributed by atoms with E-state index in [4.69, 9.17) is 4.74 Å². The van der Waals surface area contributed by atoms with E-state index >= 15 is 0 Å². The Hall–Kier alpha value is -1.56. The number of ether oxygens (including phenoxy) is 1. The van der Waals surface area contributed by atoms with Gasteiger partial charge in [0.1, 0.15) is 5.75 Å². The lowest BCUT2D eigenvalue weighted by atomic mass is 10.0. The summed E-state index contributed by atoms with van der Waals surface area (Å²) in [5.41, 5.74) is 0.931. The highest BCUT2D eigenvalue weighted by Crippen LogP contribution is 2.28. The van der Waals surface area contributed by atoms with Gasteiger partial charge in [-0.25, -0.2) is 0 Å². The summed E-state index contributed by atoms with van der Waals surface area (Å²) in [6.07, 6.45) is 4.10. The van der Waals surface area contributed by atoms with Crippen LogP contribution in [-0.4, -0.2) is 53.9 Å². The summed E-state index contributed by atoms with van der Waals surface area (Å²) < 4.78 is 5.41. The SMILES string of the molecule is CCCCN(CC(C)C)CC(C)(O)CNc1cc(OC)cc2cccnc12.Cl. The molecular formula is C22H36ClN3O2. The molecule has 0 aliphatic rings. The van der Waals surface area contributed by atoms with Gasteiger partial charge in [0, 0.05) is 37.3 Å². The number of pyridine rings is 1. The lowest BCUT2D eigenvalue weighted by Crippen LogP contribution is -2.46. The molecule has 0 bridgehead atoms. The van der Waals surface area contributed by atoms with E-state index in [1.54, 1.807) is 13.3 Å². The molecule has 1 aromatic carbocycles. The van der Waals surface area contributed by atoms with Crippen LogP contribution in [0.15, 0.2) is 30.5 Å². The largest absolute Gasteiger partial charge is 0.497 e. The zero-order valence-corrected chi connectivity index (χ0v) is 18.7. The minimum atomic E-state index is -0.840. The van der Waals surface area contributed by atoms with Crippen LogP contribution in [0.1, 0.15) is 40.5 Å². The second kappa shape index (κ2) is 11.4. The number of hydrogen-bond donors (Lipinski definition) is 2. The lowest BCUT2D eigenvalue weighted by Gasteiger charge is -2.33. The summed E-state index contributed by atoms with van der Waals surface area (Å²) >= 11 is 0. The molecule has 28 heavy (non-hydrogen) atoms. The summed E-state index contributed by atoms with van der Waals surface area (Å²) in [6.45, 7) is 11.7.